The lowest BCUT2D eigenvalue weighted by Gasteiger charge is -2.25. The van der Waals surface area contributed by atoms with Gasteiger partial charge in [-0.15, -0.1) is 0 Å². The number of nitrogens with zero attached hydrogens (tertiary/aromatic N) is 1. The third-order valence-corrected chi connectivity index (χ3v) is 14.9. The number of carboxylic acid groups (broad SMARTS) is 1. The number of quaternary nitrogens is 1. The summed E-state index contributed by atoms with van der Waals surface area (Å²) in [5.74, 6) is -1.99. The summed E-state index contributed by atoms with van der Waals surface area (Å²) in [6.45, 7) is 4.80. The van der Waals surface area contributed by atoms with E-state index in [4.69, 9.17) is 18.9 Å². The van der Waals surface area contributed by atoms with E-state index in [-0.39, 0.29) is 32.2 Å². The third kappa shape index (κ3) is 64.1. The van der Waals surface area contributed by atoms with Gasteiger partial charge in [0.05, 0.1) is 34.4 Å². The number of ether oxygens (including phenoxy) is 4. The van der Waals surface area contributed by atoms with E-state index in [1.165, 1.54) is 212 Å². The molecule has 0 rings (SSSR count). The summed E-state index contributed by atoms with van der Waals surface area (Å²) in [7, 11) is 5.98. The molecule has 0 radical (unpaired) electrons. The molecule has 0 aromatic heterocycles. The number of hydrogen-bond acceptors (Lipinski definition) is 7. The Morgan fingerprint density at radius 2 is 0.704 bits per heavy atom. The van der Waals surface area contributed by atoms with E-state index in [0.717, 1.165) is 70.6 Å². The zero-order chi connectivity index (χ0) is 59.1. The van der Waals surface area contributed by atoms with E-state index >= 15 is 0 Å². The Bertz CT molecular complexity index is 1560. The minimum atomic E-state index is -1.51. The van der Waals surface area contributed by atoms with Crippen molar-refractivity contribution < 1.29 is 42.9 Å². The number of carbonyl (C=O) groups excluding carboxylic acids is 2. The van der Waals surface area contributed by atoms with Crippen molar-refractivity contribution >= 4 is 17.9 Å². The van der Waals surface area contributed by atoms with Gasteiger partial charge in [-0.1, -0.05) is 286 Å². The molecule has 0 aliphatic rings. The van der Waals surface area contributed by atoms with Gasteiger partial charge in [0, 0.05) is 12.8 Å². The van der Waals surface area contributed by atoms with Gasteiger partial charge in [0.25, 0.3) is 6.29 Å². The van der Waals surface area contributed by atoms with Crippen LogP contribution in [0.5, 0.6) is 0 Å². The number of likely N-dealkylation sites (N-methyl/N-ethyl adjacent to an activating group) is 1. The topological polar surface area (TPSA) is 108 Å². The van der Waals surface area contributed by atoms with Crippen LogP contribution in [0.25, 0.3) is 0 Å². The fourth-order valence-electron chi connectivity index (χ4n) is 9.74. The minimum absolute atomic E-state index is 0.181. The van der Waals surface area contributed by atoms with Crippen LogP contribution in [0.3, 0.4) is 0 Å². The Hall–Kier alpha value is -3.27. The van der Waals surface area contributed by atoms with E-state index < -0.39 is 24.3 Å². The standard InChI is InChI=1S/C72H129NO8/c1-6-8-10-12-14-16-18-20-22-24-26-28-30-32-33-34-35-36-37-39-41-43-45-47-49-51-53-55-57-59-61-63-70(75)81-68(67-80-72(71(76)77)78-65-64-73(3,4)5)66-79-69(74)62-60-58-56-54-52-50-48-46-44-42-40-38-31-29-27-25-23-21-19-17-15-13-11-9-7-2/h8,10,14,16,20,22,25-28,32-33,68,72H,6-7,9,11-13,15,17-19,21,23-24,29-31,34-67H2,1-5H3/p+1/b10-8-,16-14-,22-20-,27-25-,28-26-,33-32-. The summed E-state index contributed by atoms with van der Waals surface area (Å²) < 4.78 is 23.0. The first-order valence-corrected chi connectivity index (χ1v) is 34.1. The van der Waals surface area contributed by atoms with Crippen molar-refractivity contribution in [3.8, 4) is 0 Å². The second kappa shape index (κ2) is 62.8. The summed E-state index contributed by atoms with van der Waals surface area (Å²) in [5, 5.41) is 9.74. The fourth-order valence-corrected chi connectivity index (χ4v) is 9.74. The highest BCUT2D eigenvalue weighted by Crippen LogP contribution is 2.18. The Morgan fingerprint density at radius 3 is 1.06 bits per heavy atom. The molecule has 0 aromatic carbocycles. The van der Waals surface area contributed by atoms with E-state index in [2.05, 4.69) is 86.8 Å². The maximum Gasteiger partial charge on any atom is 0.361 e. The van der Waals surface area contributed by atoms with Gasteiger partial charge >= 0.3 is 17.9 Å². The van der Waals surface area contributed by atoms with Crippen LogP contribution < -0.4 is 0 Å². The number of carbonyl (C=O) groups is 3. The van der Waals surface area contributed by atoms with Crippen molar-refractivity contribution in [2.45, 2.75) is 322 Å². The normalized spacial score (nSPS) is 13.1. The molecule has 81 heavy (non-hydrogen) atoms. The lowest BCUT2D eigenvalue weighted by Crippen LogP contribution is -2.40. The number of unbranched alkanes of at least 4 members (excludes halogenated alkanes) is 36. The lowest BCUT2D eigenvalue weighted by atomic mass is 10.0. The van der Waals surface area contributed by atoms with Gasteiger partial charge in [0.1, 0.15) is 13.2 Å². The summed E-state index contributed by atoms with van der Waals surface area (Å²) in [6.07, 6.45) is 80.0. The maximum atomic E-state index is 12.9. The van der Waals surface area contributed by atoms with Crippen LogP contribution in [-0.2, 0) is 33.3 Å². The Morgan fingerprint density at radius 1 is 0.383 bits per heavy atom. The SMILES string of the molecule is CC/C=C\C/C=C\C/C=C\C/C=C\C/C=C\CCCCCCCCCCCCCCCCCC(=O)OC(COC(=O)CCCCCCCCCCCCCCC/C=C\CCCCCCCCCC)COC(OCC[N+](C)(C)C)C(=O)O. The molecule has 1 N–H and O–H groups in total. The van der Waals surface area contributed by atoms with Gasteiger partial charge in [0.2, 0.25) is 0 Å². The molecule has 0 bridgehead atoms. The Balaban J connectivity index is 4.12. The summed E-state index contributed by atoms with van der Waals surface area (Å²) in [6, 6.07) is 0. The third-order valence-electron chi connectivity index (χ3n) is 14.9. The predicted molar refractivity (Wildman–Crippen MR) is 346 cm³/mol. The van der Waals surface area contributed by atoms with Crippen LogP contribution in [0, 0.1) is 0 Å². The van der Waals surface area contributed by atoms with E-state index in [9.17, 15) is 19.5 Å². The van der Waals surface area contributed by atoms with Gasteiger partial charge in [-0.25, -0.2) is 4.79 Å². The number of allylic oxidation sites excluding steroid dienone is 12. The number of esters is 2. The van der Waals surface area contributed by atoms with Crippen LogP contribution in [0.4, 0.5) is 0 Å². The molecule has 0 amide bonds. The quantitative estimate of drug-likeness (QED) is 0.0211. The molecule has 0 fully saturated rings. The Kier molecular flexibility index (Phi) is 60.2. The maximum absolute atomic E-state index is 12.9. The second-order valence-electron chi connectivity index (χ2n) is 24.1. The van der Waals surface area contributed by atoms with Crippen LogP contribution in [0.2, 0.25) is 0 Å². The smallest absolute Gasteiger partial charge is 0.361 e. The predicted octanol–water partition coefficient (Wildman–Crippen LogP) is 20.9. The van der Waals surface area contributed by atoms with Crippen LogP contribution in [0.15, 0.2) is 72.9 Å². The molecule has 0 saturated heterocycles. The fraction of sp³-hybridized carbons (Fsp3) is 0.792. The summed E-state index contributed by atoms with van der Waals surface area (Å²) >= 11 is 0. The van der Waals surface area contributed by atoms with Crippen molar-refractivity contribution in [3.63, 3.8) is 0 Å². The molecule has 2 unspecified atom stereocenters. The summed E-state index contributed by atoms with van der Waals surface area (Å²) in [4.78, 5) is 37.6. The molecular weight excluding hydrogens is 1010 g/mol. The molecule has 0 heterocycles. The molecule has 2 atom stereocenters. The van der Waals surface area contributed by atoms with Gasteiger partial charge < -0.3 is 28.5 Å². The second-order valence-corrected chi connectivity index (χ2v) is 24.1. The van der Waals surface area contributed by atoms with Crippen molar-refractivity contribution in [1.82, 2.24) is 0 Å². The zero-order valence-corrected chi connectivity index (χ0v) is 53.7. The highest BCUT2D eigenvalue weighted by Gasteiger charge is 2.25. The van der Waals surface area contributed by atoms with Crippen molar-refractivity contribution in [2.24, 2.45) is 0 Å². The first-order valence-electron chi connectivity index (χ1n) is 34.1. The van der Waals surface area contributed by atoms with Crippen molar-refractivity contribution in [1.29, 1.82) is 0 Å². The van der Waals surface area contributed by atoms with Gasteiger partial charge in [-0.2, -0.15) is 0 Å². The van der Waals surface area contributed by atoms with Crippen LogP contribution >= 0.6 is 0 Å². The van der Waals surface area contributed by atoms with Gasteiger partial charge in [0.15, 0.2) is 6.10 Å². The number of hydrogen-bond donors (Lipinski definition) is 1. The van der Waals surface area contributed by atoms with Crippen LogP contribution in [0.1, 0.15) is 309 Å². The first kappa shape index (κ1) is 77.7. The number of rotatable bonds is 63. The number of aliphatic carboxylic acids is 1. The zero-order valence-electron chi connectivity index (χ0n) is 53.7. The molecule has 9 heteroatoms. The monoisotopic (exact) mass is 1140 g/mol. The largest absolute Gasteiger partial charge is 0.477 e. The molecule has 0 aromatic rings. The van der Waals surface area contributed by atoms with Gasteiger partial charge in [-0.05, 0) is 83.5 Å². The van der Waals surface area contributed by atoms with Crippen LogP contribution in [-0.4, -0.2) is 87.4 Å². The molecule has 470 valence electrons. The Labute approximate surface area is 500 Å². The highest BCUT2D eigenvalue weighted by atomic mass is 16.7. The molecule has 9 nitrogen and oxygen atoms in total. The molecule has 0 spiro atoms. The van der Waals surface area contributed by atoms with E-state index in [0.29, 0.717) is 17.4 Å². The highest BCUT2D eigenvalue weighted by molar-refractivity contribution is 5.71. The molecular formula is C72H130NO8+. The lowest BCUT2D eigenvalue weighted by molar-refractivity contribution is -0.870. The summed E-state index contributed by atoms with van der Waals surface area (Å²) in [5.41, 5.74) is 0. The minimum Gasteiger partial charge on any atom is -0.477 e. The molecule has 0 aliphatic carbocycles. The number of carboxylic acids is 1. The average molecular weight is 1140 g/mol. The van der Waals surface area contributed by atoms with Gasteiger partial charge in [-0.3, -0.25) is 9.59 Å². The first-order chi connectivity index (χ1) is 39.6. The molecule has 0 saturated carbocycles. The molecule has 0 aliphatic heterocycles. The van der Waals surface area contributed by atoms with E-state index in [1.807, 2.05) is 21.1 Å². The van der Waals surface area contributed by atoms with Crippen molar-refractivity contribution in [3.05, 3.63) is 72.9 Å². The van der Waals surface area contributed by atoms with Crippen molar-refractivity contribution in [2.75, 3.05) is 47.5 Å². The van der Waals surface area contributed by atoms with E-state index in [1.54, 1.807) is 0 Å². The average Bonchev–Trinajstić information content (AvgIpc) is 3.44.